The van der Waals surface area contributed by atoms with Gasteiger partial charge in [-0.1, -0.05) is 54.2 Å². The molecule has 25 heavy (non-hydrogen) atoms. The lowest BCUT2D eigenvalue weighted by Crippen LogP contribution is -2.28. The summed E-state index contributed by atoms with van der Waals surface area (Å²) >= 11 is 4.67. The van der Waals surface area contributed by atoms with E-state index in [-0.39, 0.29) is 17.7 Å². The number of nitrogens with one attached hydrogen (secondary N) is 1. The lowest BCUT2D eigenvalue weighted by atomic mass is 10.1. The summed E-state index contributed by atoms with van der Waals surface area (Å²) in [7, 11) is 0. The first-order chi connectivity index (χ1) is 12.1. The van der Waals surface area contributed by atoms with Crippen LogP contribution in [0.1, 0.15) is 18.5 Å². The van der Waals surface area contributed by atoms with Crippen LogP contribution in [0.4, 0.5) is 0 Å². The highest BCUT2D eigenvalue weighted by Gasteiger charge is 2.14. The van der Waals surface area contributed by atoms with E-state index in [0.29, 0.717) is 11.1 Å². The fraction of sp³-hybridized carbons (Fsp3) is 0.167. The number of halogens is 1. The first-order valence-electron chi connectivity index (χ1n) is 7.69. The molecule has 1 aromatic heterocycles. The molecule has 0 radical (unpaired) electrons. The molecule has 0 unspecified atom stereocenters. The van der Waals surface area contributed by atoms with Crippen LogP contribution in [-0.4, -0.2) is 21.9 Å². The molecule has 0 fully saturated rings. The van der Waals surface area contributed by atoms with E-state index in [2.05, 4.69) is 31.4 Å². The van der Waals surface area contributed by atoms with Crippen molar-refractivity contribution in [3.8, 4) is 11.5 Å². The molecule has 128 valence electrons. The highest BCUT2D eigenvalue weighted by Crippen LogP contribution is 2.28. The summed E-state index contributed by atoms with van der Waals surface area (Å²) in [6.45, 7) is 1.95. The van der Waals surface area contributed by atoms with Crippen LogP contribution in [0.15, 0.2) is 68.7 Å². The molecule has 1 atom stereocenters. The SMILES string of the molecule is C[C@@H](NC(=O)CSc1nnc(-c2ccccc2Br)o1)c1ccccc1. The van der Waals surface area contributed by atoms with Crippen molar-refractivity contribution < 1.29 is 9.21 Å². The van der Waals surface area contributed by atoms with Gasteiger partial charge in [-0.05, 0) is 40.5 Å². The Bertz CT molecular complexity index is 854. The van der Waals surface area contributed by atoms with Crippen molar-refractivity contribution in [3.63, 3.8) is 0 Å². The molecule has 0 spiro atoms. The molecule has 0 aliphatic rings. The second-order valence-electron chi connectivity index (χ2n) is 5.34. The Morgan fingerprint density at radius 3 is 2.64 bits per heavy atom. The zero-order valence-electron chi connectivity index (χ0n) is 13.5. The third kappa shape index (κ3) is 4.70. The second kappa shape index (κ2) is 8.31. The topological polar surface area (TPSA) is 68.0 Å². The van der Waals surface area contributed by atoms with E-state index in [0.717, 1.165) is 15.6 Å². The van der Waals surface area contributed by atoms with Gasteiger partial charge in [-0.3, -0.25) is 4.79 Å². The van der Waals surface area contributed by atoms with Gasteiger partial charge in [-0.2, -0.15) is 0 Å². The maximum atomic E-state index is 12.1. The molecular formula is C18H16BrN3O2S. The Morgan fingerprint density at radius 2 is 1.88 bits per heavy atom. The molecule has 7 heteroatoms. The molecular weight excluding hydrogens is 402 g/mol. The number of carbonyl (C=O) groups excluding carboxylic acids is 1. The predicted octanol–water partition coefficient (Wildman–Crippen LogP) is 4.47. The number of benzene rings is 2. The minimum atomic E-state index is -0.0815. The Kier molecular flexibility index (Phi) is 5.88. The lowest BCUT2D eigenvalue weighted by Gasteiger charge is -2.13. The van der Waals surface area contributed by atoms with Crippen molar-refractivity contribution in [2.75, 3.05) is 5.75 Å². The summed E-state index contributed by atoms with van der Waals surface area (Å²) in [4.78, 5) is 12.1. The smallest absolute Gasteiger partial charge is 0.277 e. The fourth-order valence-electron chi connectivity index (χ4n) is 2.25. The van der Waals surface area contributed by atoms with Gasteiger partial charge < -0.3 is 9.73 Å². The van der Waals surface area contributed by atoms with Crippen molar-refractivity contribution in [1.29, 1.82) is 0 Å². The summed E-state index contributed by atoms with van der Waals surface area (Å²) in [5.74, 6) is 0.560. The standard InChI is InChI=1S/C18H16BrN3O2S/c1-12(13-7-3-2-4-8-13)20-16(23)11-25-18-22-21-17(24-18)14-9-5-6-10-15(14)19/h2-10,12H,11H2,1H3,(H,20,23)/t12-/m1/s1. The van der Waals surface area contributed by atoms with Gasteiger partial charge in [0.25, 0.3) is 5.22 Å². The highest BCUT2D eigenvalue weighted by atomic mass is 79.9. The van der Waals surface area contributed by atoms with Crippen LogP contribution in [0, 0.1) is 0 Å². The normalized spacial score (nSPS) is 11.9. The molecule has 1 amide bonds. The predicted molar refractivity (Wildman–Crippen MR) is 101 cm³/mol. The van der Waals surface area contributed by atoms with Crippen molar-refractivity contribution in [1.82, 2.24) is 15.5 Å². The molecule has 0 bridgehead atoms. The minimum Gasteiger partial charge on any atom is -0.411 e. The Hall–Kier alpha value is -2.12. The van der Waals surface area contributed by atoms with Crippen molar-refractivity contribution in [2.45, 2.75) is 18.2 Å². The Labute approximate surface area is 158 Å². The molecule has 3 rings (SSSR count). The molecule has 0 saturated carbocycles. The van der Waals surface area contributed by atoms with Crippen molar-refractivity contribution in [3.05, 3.63) is 64.6 Å². The van der Waals surface area contributed by atoms with E-state index < -0.39 is 0 Å². The lowest BCUT2D eigenvalue weighted by molar-refractivity contribution is -0.119. The summed E-state index contributed by atoms with van der Waals surface area (Å²) in [5, 5.41) is 11.3. The molecule has 0 saturated heterocycles. The van der Waals surface area contributed by atoms with Crippen LogP contribution in [0.2, 0.25) is 0 Å². The molecule has 0 aliphatic carbocycles. The Balaban J connectivity index is 1.55. The number of amides is 1. The quantitative estimate of drug-likeness (QED) is 0.599. The third-order valence-electron chi connectivity index (χ3n) is 3.51. The van der Waals surface area contributed by atoms with Gasteiger partial charge in [-0.25, -0.2) is 0 Å². The maximum Gasteiger partial charge on any atom is 0.277 e. The average Bonchev–Trinajstić information content (AvgIpc) is 3.10. The van der Waals surface area contributed by atoms with Crippen LogP contribution in [0.25, 0.3) is 11.5 Å². The van der Waals surface area contributed by atoms with Crippen LogP contribution >= 0.6 is 27.7 Å². The Morgan fingerprint density at radius 1 is 1.16 bits per heavy atom. The summed E-state index contributed by atoms with van der Waals surface area (Å²) in [6, 6.07) is 17.4. The second-order valence-corrected chi connectivity index (χ2v) is 7.12. The summed E-state index contributed by atoms with van der Waals surface area (Å²) < 4.78 is 6.50. The van der Waals surface area contributed by atoms with E-state index >= 15 is 0 Å². The number of hydrogen-bond acceptors (Lipinski definition) is 5. The zero-order valence-corrected chi connectivity index (χ0v) is 15.9. The van der Waals surface area contributed by atoms with Crippen molar-refractivity contribution in [2.24, 2.45) is 0 Å². The molecule has 5 nitrogen and oxygen atoms in total. The van der Waals surface area contributed by atoms with Gasteiger partial charge in [0.05, 0.1) is 17.4 Å². The van der Waals surface area contributed by atoms with Crippen LogP contribution < -0.4 is 5.32 Å². The monoisotopic (exact) mass is 417 g/mol. The van der Waals surface area contributed by atoms with Crippen LogP contribution in [-0.2, 0) is 4.79 Å². The van der Waals surface area contributed by atoms with Gasteiger partial charge >= 0.3 is 0 Å². The van der Waals surface area contributed by atoms with Crippen molar-refractivity contribution >= 4 is 33.6 Å². The van der Waals surface area contributed by atoms with E-state index in [1.54, 1.807) is 0 Å². The number of hydrogen-bond donors (Lipinski definition) is 1. The van der Waals surface area contributed by atoms with E-state index in [4.69, 9.17) is 4.42 Å². The average molecular weight is 418 g/mol. The maximum absolute atomic E-state index is 12.1. The molecule has 1 N–H and O–H groups in total. The number of aromatic nitrogens is 2. The van der Waals surface area contributed by atoms with Gasteiger partial charge in [-0.15, -0.1) is 10.2 Å². The number of thioether (sulfide) groups is 1. The van der Waals surface area contributed by atoms with E-state index in [1.807, 2.05) is 61.5 Å². The largest absolute Gasteiger partial charge is 0.411 e. The summed E-state index contributed by atoms with van der Waals surface area (Å²) in [5.41, 5.74) is 1.89. The van der Waals surface area contributed by atoms with Gasteiger partial charge in [0.2, 0.25) is 11.8 Å². The van der Waals surface area contributed by atoms with Gasteiger partial charge in [0, 0.05) is 4.47 Å². The van der Waals surface area contributed by atoms with Crippen LogP contribution in [0.5, 0.6) is 0 Å². The first-order valence-corrected chi connectivity index (χ1v) is 9.47. The van der Waals surface area contributed by atoms with Gasteiger partial charge in [0.1, 0.15) is 0 Å². The van der Waals surface area contributed by atoms with E-state index in [1.165, 1.54) is 11.8 Å². The molecule has 2 aromatic carbocycles. The number of carbonyl (C=O) groups is 1. The van der Waals surface area contributed by atoms with E-state index in [9.17, 15) is 4.79 Å². The third-order valence-corrected chi connectivity index (χ3v) is 5.02. The molecule has 3 aromatic rings. The number of rotatable bonds is 6. The number of nitrogens with zero attached hydrogens (tertiary/aromatic N) is 2. The minimum absolute atomic E-state index is 0.0483. The molecule has 1 heterocycles. The van der Waals surface area contributed by atoms with Gasteiger partial charge in [0.15, 0.2) is 0 Å². The fourth-order valence-corrected chi connectivity index (χ4v) is 3.28. The molecule has 0 aliphatic heterocycles. The summed E-state index contributed by atoms with van der Waals surface area (Å²) in [6.07, 6.45) is 0. The first kappa shape index (κ1) is 17.7. The highest BCUT2D eigenvalue weighted by molar-refractivity contribution is 9.10. The zero-order chi connectivity index (χ0) is 17.6. The van der Waals surface area contributed by atoms with Crippen LogP contribution in [0.3, 0.4) is 0 Å².